The number of rotatable bonds is 4. The third-order valence-corrected chi connectivity index (χ3v) is 2.43. The van der Waals surface area contributed by atoms with Crippen LogP contribution in [0.5, 0.6) is 11.5 Å². The maximum Gasteiger partial charge on any atom is 0.573 e. The van der Waals surface area contributed by atoms with E-state index in [2.05, 4.69) is 25.7 Å². The Kier molecular flexibility index (Phi) is 4.38. The lowest BCUT2D eigenvalue weighted by Gasteiger charge is -2.16. The van der Waals surface area contributed by atoms with E-state index >= 15 is 0 Å². The predicted molar refractivity (Wildman–Crippen MR) is 57.1 cm³/mol. The van der Waals surface area contributed by atoms with Crippen molar-refractivity contribution in [2.75, 3.05) is 7.11 Å². The molecule has 0 aromatic carbocycles. The number of carboxylic acid groups (broad SMARTS) is 1. The quantitative estimate of drug-likeness (QED) is 0.860. The van der Waals surface area contributed by atoms with Gasteiger partial charge in [-0.25, -0.2) is 9.78 Å². The second-order valence-corrected chi connectivity index (χ2v) is 3.53. The van der Waals surface area contributed by atoms with E-state index in [0.29, 0.717) is 0 Å². The molecule has 0 aliphatic heterocycles. The topological polar surface area (TPSA) is 68.7 Å². The second-order valence-electron chi connectivity index (χ2n) is 2.97. The van der Waals surface area contributed by atoms with Gasteiger partial charge in [-0.1, -0.05) is 15.9 Å². The molecule has 9 heteroatoms. The summed E-state index contributed by atoms with van der Waals surface area (Å²) in [6.07, 6.45) is -4.00. The van der Waals surface area contributed by atoms with Crippen LogP contribution in [-0.2, 0) is 5.33 Å². The molecule has 1 N–H and O–H groups in total. The van der Waals surface area contributed by atoms with Crippen LogP contribution in [0, 0.1) is 0 Å². The molecule has 1 heterocycles. The molecule has 0 saturated heterocycles. The minimum Gasteiger partial charge on any atom is -0.495 e. The first-order valence-corrected chi connectivity index (χ1v) is 5.53. The molecule has 0 fully saturated rings. The van der Waals surface area contributed by atoms with Crippen LogP contribution in [0.25, 0.3) is 0 Å². The zero-order valence-corrected chi connectivity index (χ0v) is 10.5. The first-order chi connectivity index (χ1) is 8.30. The predicted octanol–water partition coefficient (Wildman–Crippen LogP) is 2.58. The summed E-state index contributed by atoms with van der Waals surface area (Å²) in [7, 11) is 1.22. The van der Waals surface area contributed by atoms with Gasteiger partial charge in [0.25, 0.3) is 0 Å². The van der Waals surface area contributed by atoms with Gasteiger partial charge >= 0.3 is 12.3 Å². The smallest absolute Gasteiger partial charge is 0.495 e. The Morgan fingerprint density at radius 1 is 1.56 bits per heavy atom. The molecule has 0 amide bonds. The molecule has 0 unspecified atom stereocenters. The Bertz CT molecular complexity index is 464. The Morgan fingerprint density at radius 3 is 2.56 bits per heavy atom. The zero-order valence-electron chi connectivity index (χ0n) is 8.92. The molecule has 1 rings (SSSR count). The third kappa shape index (κ3) is 3.25. The average Bonchev–Trinajstić information content (AvgIpc) is 2.25. The highest BCUT2D eigenvalue weighted by molar-refractivity contribution is 9.08. The van der Waals surface area contributed by atoms with Gasteiger partial charge in [0, 0.05) is 5.33 Å². The minimum absolute atomic E-state index is 0.00359. The van der Waals surface area contributed by atoms with Crippen molar-refractivity contribution < 1.29 is 32.5 Å². The number of aromatic carboxylic acids is 1. The number of hydrogen-bond acceptors (Lipinski definition) is 4. The van der Waals surface area contributed by atoms with Crippen molar-refractivity contribution in [1.82, 2.24) is 4.98 Å². The summed E-state index contributed by atoms with van der Waals surface area (Å²) in [5.41, 5.74) is -0.912. The van der Waals surface area contributed by atoms with Crippen LogP contribution in [0.15, 0.2) is 6.20 Å². The fourth-order valence-electron chi connectivity index (χ4n) is 1.19. The molecular formula is C9H7BrF3NO4. The van der Waals surface area contributed by atoms with E-state index < -0.39 is 23.8 Å². The van der Waals surface area contributed by atoms with Crippen LogP contribution in [0.2, 0.25) is 0 Å². The normalized spacial score (nSPS) is 11.2. The van der Waals surface area contributed by atoms with Gasteiger partial charge in [0.15, 0.2) is 11.4 Å². The SMILES string of the molecule is COc1cnc(C(=O)O)c(OC(F)(F)F)c1CBr. The van der Waals surface area contributed by atoms with E-state index in [0.717, 1.165) is 6.20 Å². The van der Waals surface area contributed by atoms with E-state index in [9.17, 15) is 18.0 Å². The lowest BCUT2D eigenvalue weighted by Crippen LogP contribution is -2.21. The molecule has 0 saturated carbocycles. The molecule has 0 aliphatic rings. The van der Waals surface area contributed by atoms with Crippen LogP contribution in [0.3, 0.4) is 0 Å². The molecule has 1 aromatic heterocycles. The maximum absolute atomic E-state index is 12.2. The molecule has 0 bridgehead atoms. The van der Waals surface area contributed by atoms with E-state index in [4.69, 9.17) is 9.84 Å². The summed E-state index contributed by atoms with van der Waals surface area (Å²) in [5.74, 6) is -2.51. The molecule has 1 aromatic rings. The van der Waals surface area contributed by atoms with Crippen LogP contribution >= 0.6 is 15.9 Å². The van der Waals surface area contributed by atoms with E-state index in [1.165, 1.54) is 7.11 Å². The number of hydrogen-bond donors (Lipinski definition) is 1. The summed E-state index contributed by atoms with van der Waals surface area (Å²) >= 11 is 2.94. The van der Waals surface area contributed by atoms with Gasteiger partial charge in [0.05, 0.1) is 18.9 Å². The lowest BCUT2D eigenvalue weighted by molar-refractivity contribution is -0.275. The first-order valence-electron chi connectivity index (χ1n) is 4.41. The molecule has 5 nitrogen and oxygen atoms in total. The fourth-order valence-corrected chi connectivity index (χ4v) is 1.73. The van der Waals surface area contributed by atoms with Crippen molar-refractivity contribution in [2.24, 2.45) is 0 Å². The van der Waals surface area contributed by atoms with Crippen molar-refractivity contribution in [3.63, 3.8) is 0 Å². The highest BCUT2D eigenvalue weighted by Crippen LogP contribution is 2.35. The number of carboxylic acids is 1. The maximum atomic E-state index is 12.2. The number of nitrogens with zero attached hydrogens (tertiary/aromatic N) is 1. The molecular weight excluding hydrogens is 323 g/mol. The Hall–Kier alpha value is -1.51. The van der Waals surface area contributed by atoms with Gasteiger partial charge in [0.1, 0.15) is 5.75 Å². The highest BCUT2D eigenvalue weighted by atomic mass is 79.9. The van der Waals surface area contributed by atoms with Gasteiger partial charge in [0.2, 0.25) is 0 Å². The summed E-state index contributed by atoms with van der Waals surface area (Å²) in [4.78, 5) is 14.2. The minimum atomic E-state index is -5.02. The number of methoxy groups -OCH3 is 1. The summed E-state index contributed by atoms with van der Waals surface area (Å²) in [6, 6.07) is 0. The van der Waals surface area contributed by atoms with Crippen molar-refractivity contribution >= 4 is 21.9 Å². The third-order valence-electron chi connectivity index (χ3n) is 1.87. The van der Waals surface area contributed by atoms with E-state index in [1.54, 1.807) is 0 Å². The molecule has 100 valence electrons. The highest BCUT2D eigenvalue weighted by Gasteiger charge is 2.35. The van der Waals surface area contributed by atoms with Gasteiger partial charge in [-0.3, -0.25) is 0 Å². The Morgan fingerprint density at radius 2 is 2.17 bits per heavy atom. The van der Waals surface area contributed by atoms with Crippen LogP contribution in [0.1, 0.15) is 16.1 Å². The zero-order chi connectivity index (χ0) is 13.9. The van der Waals surface area contributed by atoms with Gasteiger partial charge < -0.3 is 14.6 Å². The molecule has 0 spiro atoms. The lowest BCUT2D eigenvalue weighted by atomic mass is 10.2. The van der Waals surface area contributed by atoms with Crippen molar-refractivity contribution in [3.8, 4) is 11.5 Å². The van der Waals surface area contributed by atoms with Crippen molar-refractivity contribution in [1.29, 1.82) is 0 Å². The summed E-state index contributed by atoms with van der Waals surface area (Å²) in [6.45, 7) is 0. The molecule has 18 heavy (non-hydrogen) atoms. The van der Waals surface area contributed by atoms with E-state index in [-0.39, 0.29) is 16.6 Å². The number of halogens is 4. The number of alkyl halides is 4. The van der Waals surface area contributed by atoms with Gasteiger partial charge in [-0.2, -0.15) is 0 Å². The molecule has 0 atom stereocenters. The summed E-state index contributed by atoms with van der Waals surface area (Å²) in [5, 5.41) is 8.70. The van der Waals surface area contributed by atoms with Crippen molar-refractivity contribution in [2.45, 2.75) is 11.7 Å². The largest absolute Gasteiger partial charge is 0.573 e. The number of carbonyl (C=O) groups is 1. The van der Waals surface area contributed by atoms with Crippen LogP contribution < -0.4 is 9.47 Å². The first kappa shape index (κ1) is 14.6. The molecule has 0 aliphatic carbocycles. The Balaban J connectivity index is 3.43. The number of aromatic nitrogens is 1. The van der Waals surface area contributed by atoms with Crippen LogP contribution in [-0.4, -0.2) is 29.5 Å². The average molecular weight is 330 g/mol. The summed E-state index contributed by atoms with van der Waals surface area (Å²) < 4.78 is 45.2. The van der Waals surface area contributed by atoms with Crippen LogP contribution in [0.4, 0.5) is 13.2 Å². The molecule has 0 radical (unpaired) electrons. The monoisotopic (exact) mass is 329 g/mol. The van der Waals surface area contributed by atoms with Gasteiger partial charge in [-0.15, -0.1) is 13.2 Å². The number of ether oxygens (including phenoxy) is 2. The second kappa shape index (κ2) is 5.42. The standard InChI is InChI=1S/C9H7BrF3NO4/c1-17-5-3-14-6(8(15)16)7(4(5)2-10)18-9(11,12)13/h3H,2H2,1H3,(H,15,16). The van der Waals surface area contributed by atoms with E-state index in [1.807, 2.05) is 0 Å². The van der Waals surface area contributed by atoms with Gasteiger partial charge in [-0.05, 0) is 0 Å². The fraction of sp³-hybridized carbons (Fsp3) is 0.333. The Labute approximate surface area is 108 Å². The van der Waals surface area contributed by atoms with Crippen molar-refractivity contribution in [3.05, 3.63) is 17.5 Å². The number of pyridine rings is 1.